The molecule has 1 aromatic carbocycles. The number of amides is 1. The molecule has 0 atom stereocenters. The van der Waals surface area contributed by atoms with Gasteiger partial charge in [-0.25, -0.2) is 0 Å². The van der Waals surface area contributed by atoms with Gasteiger partial charge in [-0.05, 0) is 63.0 Å². The zero-order valence-corrected chi connectivity index (χ0v) is 15.5. The number of carbonyl (C=O) groups excluding carboxylic acids is 2. The fraction of sp³-hybridized carbons (Fsp3) is 0.600. The van der Waals surface area contributed by atoms with Gasteiger partial charge in [0.25, 0.3) is 0 Å². The van der Waals surface area contributed by atoms with Crippen LogP contribution in [0.25, 0.3) is 0 Å². The minimum atomic E-state index is 0.0608. The molecule has 3 rings (SSSR count). The van der Waals surface area contributed by atoms with Crippen molar-refractivity contribution in [1.29, 1.82) is 0 Å². The summed E-state index contributed by atoms with van der Waals surface area (Å²) in [6.45, 7) is 3.96. The molecule has 0 aliphatic carbocycles. The highest BCUT2D eigenvalue weighted by molar-refractivity contribution is 6.30. The predicted molar refractivity (Wildman–Crippen MR) is 100.0 cm³/mol. The molecule has 0 radical (unpaired) electrons. The number of rotatable bonds is 4. The van der Waals surface area contributed by atoms with E-state index in [4.69, 9.17) is 11.6 Å². The molecule has 1 aromatic rings. The van der Waals surface area contributed by atoms with Crippen LogP contribution in [0.4, 0.5) is 0 Å². The Bertz CT molecular complexity index is 586. The van der Waals surface area contributed by atoms with Gasteiger partial charge in [-0.2, -0.15) is 0 Å². The average Bonchev–Trinajstić information content (AvgIpc) is 2.92. The van der Waals surface area contributed by atoms with Crippen molar-refractivity contribution in [3.63, 3.8) is 0 Å². The van der Waals surface area contributed by atoms with Crippen LogP contribution in [0.5, 0.6) is 0 Å². The summed E-state index contributed by atoms with van der Waals surface area (Å²) in [5.41, 5.74) is 0.739. The first-order valence-corrected chi connectivity index (χ1v) is 9.81. The topological polar surface area (TPSA) is 40.6 Å². The largest absolute Gasteiger partial charge is 0.342 e. The van der Waals surface area contributed by atoms with Crippen molar-refractivity contribution < 1.29 is 9.59 Å². The normalized spacial score (nSPS) is 20.3. The van der Waals surface area contributed by atoms with Crippen LogP contribution >= 0.6 is 11.6 Å². The minimum absolute atomic E-state index is 0.0608. The van der Waals surface area contributed by atoms with Gasteiger partial charge in [0.05, 0.1) is 6.54 Å². The molecule has 2 saturated heterocycles. The standard InChI is InChI=1S/C20H27ClN2O2/c21-18-7-5-16(6-8-18)20(25)17-9-13-22(14-10-17)15-19(24)23-11-3-1-2-4-12-23/h5-8,17H,1-4,9-15H2. The monoisotopic (exact) mass is 362 g/mol. The summed E-state index contributed by atoms with van der Waals surface area (Å²) in [5.74, 6) is 0.519. The number of piperidine rings is 1. The average molecular weight is 363 g/mol. The molecule has 4 nitrogen and oxygen atoms in total. The lowest BCUT2D eigenvalue weighted by molar-refractivity contribution is -0.132. The second kappa shape index (κ2) is 8.81. The second-order valence-corrected chi connectivity index (χ2v) is 7.65. The number of ketones is 1. The molecule has 2 heterocycles. The zero-order valence-electron chi connectivity index (χ0n) is 14.8. The van der Waals surface area contributed by atoms with Gasteiger partial charge in [-0.1, -0.05) is 24.4 Å². The van der Waals surface area contributed by atoms with Crippen molar-refractivity contribution >= 4 is 23.3 Å². The Labute approximate surface area is 155 Å². The van der Waals surface area contributed by atoms with Crippen LogP contribution < -0.4 is 0 Å². The number of Topliss-reactive ketones (excluding diaryl/α,β-unsaturated/α-hetero) is 1. The maximum absolute atomic E-state index is 12.6. The fourth-order valence-electron chi connectivity index (χ4n) is 3.81. The van der Waals surface area contributed by atoms with E-state index in [1.54, 1.807) is 24.3 Å². The first-order valence-electron chi connectivity index (χ1n) is 9.43. The number of nitrogens with zero attached hydrogens (tertiary/aromatic N) is 2. The highest BCUT2D eigenvalue weighted by Gasteiger charge is 2.27. The van der Waals surface area contributed by atoms with Gasteiger partial charge < -0.3 is 4.90 Å². The molecule has 136 valence electrons. The van der Waals surface area contributed by atoms with E-state index in [2.05, 4.69) is 4.90 Å². The highest BCUT2D eigenvalue weighted by atomic mass is 35.5. The molecule has 2 fully saturated rings. The number of hydrogen-bond acceptors (Lipinski definition) is 3. The van der Waals surface area contributed by atoms with Gasteiger partial charge in [-0.3, -0.25) is 14.5 Å². The summed E-state index contributed by atoms with van der Waals surface area (Å²) in [5, 5.41) is 0.651. The SMILES string of the molecule is O=C(c1ccc(Cl)cc1)C1CCN(CC(=O)N2CCCCCC2)CC1. The van der Waals surface area contributed by atoms with E-state index in [9.17, 15) is 9.59 Å². The molecule has 0 N–H and O–H groups in total. The number of carbonyl (C=O) groups is 2. The molecule has 0 bridgehead atoms. The van der Waals surface area contributed by atoms with Crippen LogP contribution in [-0.4, -0.2) is 54.2 Å². The van der Waals surface area contributed by atoms with Crippen molar-refractivity contribution in [2.24, 2.45) is 5.92 Å². The molecule has 25 heavy (non-hydrogen) atoms. The van der Waals surface area contributed by atoms with Gasteiger partial charge in [0, 0.05) is 29.6 Å². The third kappa shape index (κ3) is 5.05. The maximum atomic E-state index is 12.6. The molecule has 2 aliphatic rings. The highest BCUT2D eigenvalue weighted by Crippen LogP contribution is 2.23. The molecule has 5 heteroatoms. The summed E-state index contributed by atoms with van der Waals surface area (Å²) in [4.78, 5) is 29.3. The Morgan fingerprint density at radius 2 is 1.52 bits per heavy atom. The molecule has 0 aromatic heterocycles. The van der Waals surface area contributed by atoms with Crippen LogP contribution in [0, 0.1) is 5.92 Å². The van der Waals surface area contributed by atoms with Gasteiger partial charge in [0.2, 0.25) is 5.91 Å². The lowest BCUT2D eigenvalue weighted by Crippen LogP contribution is -2.44. The summed E-state index contributed by atoms with van der Waals surface area (Å²) >= 11 is 5.89. The summed E-state index contributed by atoms with van der Waals surface area (Å²) in [7, 11) is 0. The first kappa shape index (κ1) is 18.4. The number of benzene rings is 1. The van der Waals surface area contributed by atoms with Crippen LogP contribution in [-0.2, 0) is 4.79 Å². The maximum Gasteiger partial charge on any atom is 0.236 e. The van der Waals surface area contributed by atoms with Crippen LogP contribution in [0.2, 0.25) is 5.02 Å². The summed E-state index contributed by atoms with van der Waals surface area (Å²) in [6, 6.07) is 7.15. The molecule has 0 spiro atoms. The van der Waals surface area contributed by atoms with E-state index < -0.39 is 0 Å². The predicted octanol–water partition coefficient (Wildman–Crippen LogP) is 3.64. The Balaban J connectivity index is 1.47. The molecule has 0 unspecified atom stereocenters. The summed E-state index contributed by atoms with van der Waals surface area (Å²) < 4.78 is 0. The number of hydrogen-bond donors (Lipinski definition) is 0. The second-order valence-electron chi connectivity index (χ2n) is 7.22. The Morgan fingerprint density at radius 1 is 0.920 bits per heavy atom. The van der Waals surface area contributed by atoms with E-state index in [0.29, 0.717) is 11.6 Å². The molecule has 2 aliphatic heterocycles. The molecule has 0 saturated carbocycles. The van der Waals surface area contributed by atoms with E-state index in [1.807, 2.05) is 4.90 Å². The Morgan fingerprint density at radius 3 is 2.12 bits per heavy atom. The lowest BCUT2D eigenvalue weighted by Gasteiger charge is -2.32. The molecular formula is C20H27ClN2O2. The fourth-order valence-corrected chi connectivity index (χ4v) is 3.94. The molecular weight excluding hydrogens is 336 g/mol. The first-order chi connectivity index (χ1) is 12.1. The van der Waals surface area contributed by atoms with Gasteiger partial charge >= 0.3 is 0 Å². The van der Waals surface area contributed by atoms with E-state index >= 15 is 0 Å². The van der Waals surface area contributed by atoms with Gasteiger partial charge in [0.15, 0.2) is 5.78 Å². The Hall–Kier alpha value is -1.39. The smallest absolute Gasteiger partial charge is 0.236 e. The van der Waals surface area contributed by atoms with Gasteiger partial charge in [0.1, 0.15) is 0 Å². The zero-order chi connectivity index (χ0) is 17.6. The van der Waals surface area contributed by atoms with E-state index in [1.165, 1.54) is 12.8 Å². The van der Waals surface area contributed by atoms with Crippen LogP contribution in [0.3, 0.4) is 0 Å². The van der Waals surface area contributed by atoms with Gasteiger partial charge in [-0.15, -0.1) is 0 Å². The van der Waals surface area contributed by atoms with Crippen LogP contribution in [0.15, 0.2) is 24.3 Å². The van der Waals surface area contributed by atoms with Crippen molar-refractivity contribution in [3.8, 4) is 0 Å². The lowest BCUT2D eigenvalue weighted by atomic mass is 9.89. The third-order valence-corrected chi connectivity index (χ3v) is 5.66. The van der Waals surface area contributed by atoms with Crippen molar-refractivity contribution in [1.82, 2.24) is 9.80 Å². The quantitative estimate of drug-likeness (QED) is 0.768. The third-order valence-electron chi connectivity index (χ3n) is 5.40. The van der Waals surface area contributed by atoms with Crippen molar-refractivity contribution in [3.05, 3.63) is 34.9 Å². The number of likely N-dealkylation sites (tertiary alicyclic amines) is 2. The van der Waals surface area contributed by atoms with Crippen LogP contribution in [0.1, 0.15) is 48.9 Å². The van der Waals surface area contributed by atoms with E-state index in [0.717, 1.165) is 57.4 Å². The minimum Gasteiger partial charge on any atom is -0.342 e. The van der Waals surface area contributed by atoms with Crippen molar-refractivity contribution in [2.75, 3.05) is 32.7 Å². The summed E-state index contributed by atoms with van der Waals surface area (Å²) in [6.07, 6.45) is 6.39. The molecule has 1 amide bonds. The Kier molecular flexibility index (Phi) is 6.49. The van der Waals surface area contributed by atoms with E-state index in [-0.39, 0.29) is 17.6 Å². The van der Waals surface area contributed by atoms with Crippen molar-refractivity contribution in [2.45, 2.75) is 38.5 Å². The number of halogens is 1.